The Balaban J connectivity index is 1.49. The molecule has 1 saturated heterocycles. The van der Waals surface area contributed by atoms with Gasteiger partial charge in [-0.1, -0.05) is 36.8 Å². The van der Waals surface area contributed by atoms with Gasteiger partial charge < -0.3 is 19.7 Å². The molecule has 0 bridgehead atoms. The maximum absolute atomic E-state index is 12.9. The molecule has 0 unspecified atom stereocenters. The quantitative estimate of drug-likeness (QED) is 0.253. The van der Waals surface area contributed by atoms with Crippen LogP contribution >= 0.6 is 0 Å². The highest BCUT2D eigenvalue weighted by atomic mass is 16.5. The summed E-state index contributed by atoms with van der Waals surface area (Å²) in [6, 6.07) is 22.1. The molecular formula is C31H32N4O4. The van der Waals surface area contributed by atoms with E-state index in [2.05, 4.69) is 9.88 Å². The van der Waals surface area contributed by atoms with Crippen molar-refractivity contribution in [3.05, 3.63) is 89.5 Å². The summed E-state index contributed by atoms with van der Waals surface area (Å²) in [5.74, 6) is -0.450. The van der Waals surface area contributed by atoms with E-state index in [1.54, 1.807) is 30.1 Å². The van der Waals surface area contributed by atoms with Gasteiger partial charge in [0, 0.05) is 29.2 Å². The number of nitrogens with one attached hydrogen (secondary N) is 1. The number of aromatic amines is 1. The maximum atomic E-state index is 12.9. The molecule has 1 aliphatic rings. The Bertz CT molecular complexity index is 1500. The van der Waals surface area contributed by atoms with Gasteiger partial charge in [-0.2, -0.15) is 0 Å². The molecule has 0 aliphatic carbocycles. The van der Waals surface area contributed by atoms with Crippen LogP contribution in [0.1, 0.15) is 40.7 Å². The lowest BCUT2D eigenvalue weighted by molar-refractivity contribution is -0.119. The number of aromatic nitrogens is 1. The average Bonchev–Trinajstić information content (AvgIpc) is 3.31. The second-order valence-corrected chi connectivity index (χ2v) is 9.73. The lowest BCUT2D eigenvalue weighted by atomic mass is 9.99. The van der Waals surface area contributed by atoms with Gasteiger partial charge in [-0.05, 0) is 68.4 Å². The first-order chi connectivity index (χ1) is 18.9. The van der Waals surface area contributed by atoms with Crippen LogP contribution in [0.3, 0.4) is 0 Å². The van der Waals surface area contributed by atoms with Crippen LogP contribution < -0.4 is 4.90 Å². The van der Waals surface area contributed by atoms with Crippen molar-refractivity contribution >= 4 is 39.9 Å². The Hall–Kier alpha value is -4.43. The number of likely N-dealkylation sites (tertiary alicyclic amines) is 1. The number of amides is 1. The zero-order valence-corrected chi connectivity index (χ0v) is 22.2. The summed E-state index contributed by atoms with van der Waals surface area (Å²) >= 11 is 0. The highest BCUT2D eigenvalue weighted by Crippen LogP contribution is 2.32. The molecule has 1 amide bonds. The SMILES string of the molecule is COC(=O)c1ccc2[nH]c(O)c(C(=Nc3ccc(N(C)C(=O)CN4CCCCC4)cc3)c3ccccc3)c2c1. The third-order valence-electron chi connectivity index (χ3n) is 7.14. The van der Waals surface area contributed by atoms with Gasteiger partial charge >= 0.3 is 5.97 Å². The summed E-state index contributed by atoms with van der Waals surface area (Å²) in [5.41, 5.74) is 4.32. The molecule has 0 radical (unpaired) electrons. The molecule has 0 spiro atoms. The minimum atomic E-state index is -0.462. The average molecular weight is 525 g/mol. The van der Waals surface area contributed by atoms with Crippen LogP contribution in [0.2, 0.25) is 0 Å². The van der Waals surface area contributed by atoms with Crippen LogP contribution in [-0.4, -0.2) is 66.4 Å². The van der Waals surface area contributed by atoms with Crippen molar-refractivity contribution in [3.63, 3.8) is 0 Å². The third-order valence-corrected chi connectivity index (χ3v) is 7.14. The number of benzene rings is 3. The van der Waals surface area contributed by atoms with Gasteiger partial charge in [-0.25, -0.2) is 9.79 Å². The summed E-state index contributed by atoms with van der Waals surface area (Å²) in [7, 11) is 3.13. The van der Waals surface area contributed by atoms with Crippen LogP contribution in [-0.2, 0) is 9.53 Å². The number of fused-ring (bicyclic) bond motifs is 1. The van der Waals surface area contributed by atoms with Gasteiger partial charge in [0.05, 0.1) is 36.2 Å². The molecule has 4 aromatic rings. The first kappa shape index (κ1) is 26.2. The van der Waals surface area contributed by atoms with E-state index in [9.17, 15) is 14.7 Å². The summed E-state index contributed by atoms with van der Waals surface area (Å²) in [6.07, 6.45) is 3.52. The Morgan fingerprint density at radius 3 is 2.38 bits per heavy atom. The van der Waals surface area contributed by atoms with Crippen LogP contribution in [0.25, 0.3) is 10.9 Å². The number of aliphatic imine (C=N–C) groups is 1. The minimum absolute atomic E-state index is 0.0470. The molecule has 1 fully saturated rings. The number of anilines is 1. The highest BCUT2D eigenvalue weighted by molar-refractivity contribution is 6.22. The van der Waals surface area contributed by atoms with E-state index >= 15 is 0 Å². The molecule has 39 heavy (non-hydrogen) atoms. The number of piperidine rings is 1. The Labute approximate surface area is 227 Å². The van der Waals surface area contributed by atoms with Crippen molar-refractivity contribution < 1.29 is 19.4 Å². The van der Waals surface area contributed by atoms with E-state index in [0.717, 1.165) is 37.2 Å². The lowest BCUT2D eigenvalue weighted by Crippen LogP contribution is -2.40. The van der Waals surface area contributed by atoms with Gasteiger partial charge in [0.15, 0.2) is 5.88 Å². The molecule has 5 rings (SSSR count). The fourth-order valence-electron chi connectivity index (χ4n) is 4.96. The second-order valence-electron chi connectivity index (χ2n) is 9.73. The predicted octanol–water partition coefficient (Wildman–Crippen LogP) is 5.28. The van der Waals surface area contributed by atoms with E-state index in [4.69, 9.17) is 9.73 Å². The molecular weight excluding hydrogens is 492 g/mol. The zero-order chi connectivity index (χ0) is 27.4. The number of likely N-dealkylation sites (N-methyl/N-ethyl adjacent to an activating group) is 1. The van der Waals surface area contributed by atoms with Crippen molar-refractivity contribution in [1.82, 2.24) is 9.88 Å². The van der Waals surface area contributed by atoms with Crippen LogP contribution in [0.5, 0.6) is 5.88 Å². The third kappa shape index (κ3) is 5.71. The van der Waals surface area contributed by atoms with E-state index in [1.807, 2.05) is 54.6 Å². The summed E-state index contributed by atoms with van der Waals surface area (Å²) in [4.78, 5) is 36.9. The topological polar surface area (TPSA) is 98.2 Å². The Morgan fingerprint density at radius 1 is 0.974 bits per heavy atom. The predicted molar refractivity (Wildman–Crippen MR) is 153 cm³/mol. The van der Waals surface area contributed by atoms with Crippen molar-refractivity contribution in [2.75, 3.05) is 38.7 Å². The van der Waals surface area contributed by atoms with Gasteiger partial charge in [-0.3, -0.25) is 9.69 Å². The molecule has 2 N–H and O–H groups in total. The summed E-state index contributed by atoms with van der Waals surface area (Å²) < 4.78 is 4.89. The number of carbonyl (C=O) groups excluding carboxylic acids is 2. The zero-order valence-electron chi connectivity index (χ0n) is 22.2. The number of rotatable bonds is 7. The van der Waals surface area contributed by atoms with Crippen molar-refractivity contribution in [3.8, 4) is 5.88 Å². The fraction of sp³-hybridized carbons (Fsp3) is 0.258. The Morgan fingerprint density at radius 2 is 1.69 bits per heavy atom. The monoisotopic (exact) mass is 524 g/mol. The van der Waals surface area contributed by atoms with E-state index < -0.39 is 5.97 Å². The number of H-pyrrole nitrogens is 1. The van der Waals surface area contributed by atoms with Crippen LogP contribution in [0.15, 0.2) is 77.8 Å². The van der Waals surface area contributed by atoms with E-state index in [-0.39, 0.29) is 11.8 Å². The Kier molecular flexibility index (Phi) is 7.74. The number of methoxy groups -OCH3 is 1. The van der Waals surface area contributed by atoms with Crippen molar-refractivity contribution in [2.24, 2.45) is 4.99 Å². The molecule has 1 aliphatic heterocycles. The van der Waals surface area contributed by atoms with Gasteiger partial charge in [0.1, 0.15) is 0 Å². The standard InChI is InChI=1S/C31H32N4O4/c1-34(27(36)20-35-17-7-4-8-18-35)24-14-12-23(13-15-24)32-29(21-9-5-3-6-10-21)28-25-19-22(31(38)39-2)11-16-26(25)33-30(28)37/h3,5-6,9-16,19,33,37H,4,7-8,17-18,20H2,1-2H3. The number of carbonyl (C=O) groups is 2. The molecule has 3 aromatic carbocycles. The molecule has 0 saturated carbocycles. The fourth-order valence-corrected chi connectivity index (χ4v) is 4.96. The van der Waals surface area contributed by atoms with Gasteiger partial charge in [-0.15, -0.1) is 0 Å². The minimum Gasteiger partial charge on any atom is -0.494 e. The number of ether oxygens (including phenoxy) is 1. The largest absolute Gasteiger partial charge is 0.494 e. The second kappa shape index (κ2) is 11.5. The smallest absolute Gasteiger partial charge is 0.337 e. The molecule has 0 atom stereocenters. The summed E-state index contributed by atoms with van der Waals surface area (Å²) in [6.45, 7) is 2.36. The molecule has 200 valence electrons. The molecule has 8 heteroatoms. The number of hydrogen-bond acceptors (Lipinski definition) is 6. The van der Waals surface area contributed by atoms with Gasteiger partial charge in [0.25, 0.3) is 0 Å². The normalized spacial score (nSPS) is 14.4. The first-order valence-corrected chi connectivity index (χ1v) is 13.1. The van der Waals surface area contributed by atoms with Crippen molar-refractivity contribution in [1.29, 1.82) is 0 Å². The van der Waals surface area contributed by atoms with Crippen LogP contribution in [0, 0.1) is 0 Å². The molecule has 1 aromatic heterocycles. The molecule has 2 heterocycles. The highest BCUT2D eigenvalue weighted by Gasteiger charge is 2.21. The van der Waals surface area contributed by atoms with E-state index in [0.29, 0.717) is 40.0 Å². The summed E-state index contributed by atoms with van der Waals surface area (Å²) in [5, 5.41) is 11.6. The lowest BCUT2D eigenvalue weighted by Gasteiger charge is -2.28. The van der Waals surface area contributed by atoms with Crippen molar-refractivity contribution in [2.45, 2.75) is 19.3 Å². The van der Waals surface area contributed by atoms with Crippen LogP contribution in [0.4, 0.5) is 11.4 Å². The number of nitrogens with zero attached hydrogens (tertiary/aromatic N) is 3. The van der Waals surface area contributed by atoms with Gasteiger partial charge in [0.2, 0.25) is 5.91 Å². The first-order valence-electron chi connectivity index (χ1n) is 13.1. The maximum Gasteiger partial charge on any atom is 0.337 e. The number of aromatic hydroxyl groups is 1. The number of esters is 1. The number of hydrogen-bond donors (Lipinski definition) is 2. The van der Waals surface area contributed by atoms with E-state index in [1.165, 1.54) is 13.5 Å². The molecule has 8 nitrogen and oxygen atoms in total.